The fraction of sp³-hybridized carbons (Fsp3) is 0.519. The summed E-state index contributed by atoms with van der Waals surface area (Å²) in [6, 6.07) is 10.8. The Morgan fingerprint density at radius 1 is 1.08 bits per heavy atom. The van der Waals surface area contributed by atoms with E-state index in [0.29, 0.717) is 17.5 Å². The quantitative estimate of drug-likeness (QED) is 0.309. The summed E-state index contributed by atoms with van der Waals surface area (Å²) in [5.74, 6) is 0.511. The Morgan fingerprint density at radius 3 is 2.29 bits per heavy atom. The number of piperidine rings is 1. The second-order valence-corrected chi connectivity index (χ2v) is 10.7. The van der Waals surface area contributed by atoms with E-state index in [4.69, 9.17) is 11.6 Å². The molecule has 0 unspecified atom stereocenters. The van der Waals surface area contributed by atoms with E-state index >= 15 is 0 Å². The summed E-state index contributed by atoms with van der Waals surface area (Å²) in [7, 11) is 1.85. The molecule has 0 aromatic heterocycles. The predicted molar refractivity (Wildman–Crippen MR) is 141 cm³/mol. The van der Waals surface area contributed by atoms with Crippen molar-refractivity contribution in [2.75, 3.05) is 36.9 Å². The SMILES string of the molecule is CN(CC1CCC(Nc2ccc([N+](=O)[O-])c(C(F)(F)F)c2)CC1)C(=O)C1CCN(c2ccc(Cl)cc2)CC1. The van der Waals surface area contributed by atoms with Gasteiger partial charge in [-0.25, -0.2) is 0 Å². The number of carbonyl (C=O) groups excluding carboxylic acids is 1. The third kappa shape index (κ3) is 6.89. The van der Waals surface area contributed by atoms with Gasteiger partial charge in [-0.3, -0.25) is 14.9 Å². The van der Waals surface area contributed by atoms with Crippen LogP contribution in [0.1, 0.15) is 44.1 Å². The molecule has 11 heteroatoms. The molecule has 2 aliphatic rings. The van der Waals surface area contributed by atoms with E-state index in [1.807, 2.05) is 36.2 Å². The fourth-order valence-corrected chi connectivity index (χ4v) is 5.69. The number of amides is 1. The molecule has 0 spiro atoms. The molecule has 38 heavy (non-hydrogen) atoms. The Bertz CT molecular complexity index is 1130. The number of nitro groups is 1. The first-order chi connectivity index (χ1) is 18.0. The maximum Gasteiger partial charge on any atom is 0.423 e. The van der Waals surface area contributed by atoms with Crippen molar-refractivity contribution < 1.29 is 22.9 Å². The van der Waals surface area contributed by atoms with E-state index in [1.165, 1.54) is 6.07 Å². The van der Waals surface area contributed by atoms with Crippen molar-refractivity contribution in [3.8, 4) is 0 Å². The fourth-order valence-electron chi connectivity index (χ4n) is 5.56. The van der Waals surface area contributed by atoms with Crippen LogP contribution in [0.2, 0.25) is 5.02 Å². The molecule has 2 aromatic rings. The van der Waals surface area contributed by atoms with Crippen LogP contribution in [-0.2, 0) is 11.0 Å². The summed E-state index contributed by atoms with van der Waals surface area (Å²) in [6.45, 7) is 2.31. The lowest BCUT2D eigenvalue weighted by Gasteiger charge is -2.36. The van der Waals surface area contributed by atoms with Gasteiger partial charge in [0.05, 0.1) is 4.92 Å². The summed E-state index contributed by atoms with van der Waals surface area (Å²) < 4.78 is 39.8. The molecule has 1 amide bonds. The van der Waals surface area contributed by atoms with E-state index in [-0.39, 0.29) is 23.6 Å². The van der Waals surface area contributed by atoms with Gasteiger partial charge in [-0.1, -0.05) is 11.6 Å². The molecule has 0 bridgehead atoms. The number of nitrogens with zero attached hydrogens (tertiary/aromatic N) is 3. The molecule has 2 aromatic carbocycles. The summed E-state index contributed by atoms with van der Waals surface area (Å²) >= 11 is 5.98. The van der Waals surface area contributed by atoms with Crippen molar-refractivity contribution in [1.82, 2.24) is 4.90 Å². The first-order valence-electron chi connectivity index (χ1n) is 12.9. The maximum atomic E-state index is 13.3. The zero-order valence-corrected chi connectivity index (χ0v) is 22.0. The van der Waals surface area contributed by atoms with Crippen LogP contribution in [0.4, 0.5) is 30.2 Å². The number of halogens is 4. The van der Waals surface area contributed by atoms with E-state index in [1.54, 1.807) is 0 Å². The molecular weight excluding hydrogens is 521 g/mol. The molecule has 206 valence electrons. The molecule has 1 saturated heterocycles. The monoisotopic (exact) mass is 552 g/mol. The van der Waals surface area contributed by atoms with Gasteiger partial charge in [0.15, 0.2) is 0 Å². The minimum Gasteiger partial charge on any atom is -0.382 e. The summed E-state index contributed by atoms with van der Waals surface area (Å²) in [5.41, 5.74) is -0.860. The second kappa shape index (κ2) is 11.8. The summed E-state index contributed by atoms with van der Waals surface area (Å²) in [6.07, 6.45) is 0.0123. The highest BCUT2D eigenvalue weighted by molar-refractivity contribution is 6.30. The lowest BCUT2D eigenvalue weighted by atomic mass is 9.85. The Labute approximate surface area is 225 Å². The minimum absolute atomic E-state index is 0.00604. The third-order valence-electron chi connectivity index (χ3n) is 7.66. The number of nitrogens with one attached hydrogen (secondary N) is 1. The molecule has 4 rings (SSSR count). The van der Waals surface area contributed by atoms with Crippen molar-refractivity contribution >= 4 is 34.6 Å². The normalized spacial score (nSPS) is 20.7. The molecule has 0 radical (unpaired) electrons. The van der Waals surface area contributed by atoms with Crippen molar-refractivity contribution in [2.24, 2.45) is 11.8 Å². The highest BCUT2D eigenvalue weighted by Crippen LogP contribution is 2.38. The van der Waals surface area contributed by atoms with Crippen LogP contribution in [0.3, 0.4) is 0 Å². The van der Waals surface area contributed by atoms with Gasteiger partial charge in [-0.05, 0) is 80.8 Å². The van der Waals surface area contributed by atoms with Gasteiger partial charge < -0.3 is 15.1 Å². The topological polar surface area (TPSA) is 78.7 Å². The molecule has 1 saturated carbocycles. The van der Waals surface area contributed by atoms with Crippen LogP contribution in [0, 0.1) is 22.0 Å². The summed E-state index contributed by atoms with van der Waals surface area (Å²) in [5, 5.41) is 14.8. The number of anilines is 2. The number of rotatable bonds is 7. The van der Waals surface area contributed by atoms with Crippen LogP contribution >= 0.6 is 11.6 Å². The van der Waals surface area contributed by atoms with Crippen molar-refractivity contribution in [3.63, 3.8) is 0 Å². The van der Waals surface area contributed by atoms with Crippen LogP contribution < -0.4 is 10.2 Å². The molecule has 1 aliphatic carbocycles. The van der Waals surface area contributed by atoms with Crippen LogP contribution in [0.15, 0.2) is 42.5 Å². The average Bonchev–Trinajstić information content (AvgIpc) is 2.89. The van der Waals surface area contributed by atoms with E-state index < -0.39 is 22.4 Å². The highest BCUT2D eigenvalue weighted by Gasteiger charge is 2.38. The molecule has 1 N–H and O–H groups in total. The number of carbonyl (C=O) groups is 1. The first-order valence-corrected chi connectivity index (χ1v) is 13.3. The van der Waals surface area contributed by atoms with Crippen LogP contribution in [0.25, 0.3) is 0 Å². The Kier molecular flexibility index (Phi) is 8.70. The molecule has 0 atom stereocenters. The maximum absolute atomic E-state index is 13.3. The molecule has 1 aliphatic heterocycles. The van der Waals surface area contributed by atoms with E-state index in [9.17, 15) is 28.1 Å². The molecular formula is C27H32ClF3N4O3. The zero-order chi connectivity index (χ0) is 27.4. The van der Waals surface area contributed by atoms with Gasteiger partial charge >= 0.3 is 6.18 Å². The second-order valence-electron chi connectivity index (χ2n) is 10.3. The first kappa shape index (κ1) is 28.0. The van der Waals surface area contributed by atoms with Crippen LogP contribution in [-0.4, -0.2) is 48.5 Å². The van der Waals surface area contributed by atoms with E-state index in [2.05, 4.69) is 10.2 Å². The number of benzene rings is 2. The zero-order valence-electron chi connectivity index (χ0n) is 21.2. The lowest BCUT2D eigenvalue weighted by Crippen LogP contribution is -2.43. The average molecular weight is 553 g/mol. The van der Waals surface area contributed by atoms with Gasteiger partial charge in [0.25, 0.3) is 5.69 Å². The molecule has 1 heterocycles. The minimum atomic E-state index is -4.80. The highest BCUT2D eigenvalue weighted by atomic mass is 35.5. The molecule has 7 nitrogen and oxygen atoms in total. The van der Waals surface area contributed by atoms with Gasteiger partial charge in [0, 0.05) is 61.1 Å². The van der Waals surface area contributed by atoms with Crippen molar-refractivity contribution in [3.05, 3.63) is 63.2 Å². The van der Waals surface area contributed by atoms with Gasteiger partial charge in [-0.2, -0.15) is 13.2 Å². The Morgan fingerprint density at radius 2 is 1.71 bits per heavy atom. The van der Waals surface area contributed by atoms with Gasteiger partial charge in [-0.15, -0.1) is 0 Å². The van der Waals surface area contributed by atoms with Crippen molar-refractivity contribution in [1.29, 1.82) is 0 Å². The van der Waals surface area contributed by atoms with Crippen molar-refractivity contribution in [2.45, 2.75) is 50.7 Å². The lowest BCUT2D eigenvalue weighted by molar-refractivity contribution is -0.388. The van der Waals surface area contributed by atoms with Gasteiger partial charge in [0.1, 0.15) is 5.56 Å². The largest absolute Gasteiger partial charge is 0.423 e. The number of hydrogen-bond donors (Lipinski definition) is 1. The number of alkyl halides is 3. The van der Waals surface area contributed by atoms with E-state index in [0.717, 1.165) is 69.4 Å². The number of nitro benzene ring substituents is 1. The molecule has 2 fully saturated rings. The Balaban J connectivity index is 1.23. The standard InChI is InChI=1S/C27H32ClF3N4O3/c1-33(26(36)19-12-14-34(15-13-19)23-9-4-20(28)5-10-23)17-18-2-6-21(7-3-18)32-22-8-11-25(35(37)38)24(16-22)27(29,30)31/h4-5,8-11,16,18-19,21,32H,2-3,6-7,12-15,17H2,1H3. The number of hydrogen-bond acceptors (Lipinski definition) is 5. The Hall–Kier alpha value is -3.01. The smallest absolute Gasteiger partial charge is 0.382 e. The van der Waals surface area contributed by atoms with Gasteiger partial charge in [0.2, 0.25) is 5.91 Å². The predicted octanol–water partition coefficient (Wildman–Crippen LogP) is 6.61. The van der Waals surface area contributed by atoms with Crippen LogP contribution in [0.5, 0.6) is 0 Å². The third-order valence-corrected chi connectivity index (χ3v) is 7.91. The summed E-state index contributed by atoms with van der Waals surface area (Å²) in [4.78, 5) is 27.2.